The zero-order chi connectivity index (χ0) is 22.0. The molecule has 4 heteroatoms. The van der Waals surface area contributed by atoms with Crippen LogP contribution in [-0.4, -0.2) is 47.7 Å². The summed E-state index contributed by atoms with van der Waals surface area (Å²) < 4.78 is 0. The van der Waals surface area contributed by atoms with E-state index in [4.69, 9.17) is 0 Å². The van der Waals surface area contributed by atoms with Crippen LogP contribution in [0.2, 0.25) is 0 Å². The predicted molar refractivity (Wildman–Crippen MR) is 123 cm³/mol. The summed E-state index contributed by atoms with van der Waals surface area (Å²) in [4.78, 5) is 31.0. The fourth-order valence-electron chi connectivity index (χ4n) is 8.94. The molecule has 2 heterocycles. The highest BCUT2D eigenvalue weighted by Gasteiger charge is 2.62. The van der Waals surface area contributed by atoms with Crippen LogP contribution in [0.25, 0.3) is 0 Å². The topological polar surface area (TPSA) is 40.6 Å². The number of rotatable bonds is 3. The highest BCUT2D eigenvalue weighted by Crippen LogP contribution is 2.66. The molecule has 5 rings (SSSR count). The van der Waals surface area contributed by atoms with E-state index in [1.807, 2.05) is 0 Å². The molecule has 3 unspecified atom stereocenters. The minimum Gasteiger partial charge on any atom is -0.374 e. The van der Waals surface area contributed by atoms with E-state index >= 15 is 0 Å². The molecule has 4 nitrogen and oxygen atoms in total. The maximum Gasteiger partial charge on any atom is 0.226 e. The lowest BCUT2D eigenvalue weighted by atomic mass is 9.49. The van der Waals surface area contributed by atoms with E-state index in [2.05, 4.69) is 37.5 Å². The Morgan fingerprint density at radius 1 is 1.03 bits per heavy atom. The molecule has 0 aromatic carbocycles. The number of nitrogens with zero attached hydrogens (tertiary/aromatic N) is 2. The Bertz CT molecular complexity index is 799. The average Bonchev–Trinajstić information content (AvgIpc) is 2.95. The quantitative estimate of drug-likeness (QED) is 0.635. The lowest BCUT2D eigenvalue weighted by Crippen LogP contribution is -2.58. The molecule has 2 aliphatic heterocycles. The van der Waals surface area contributed by atoms with Crippen LogP contribution in [0.5, 0.6) is 0 Å². The number of hydrogen-bond donors (Lipinski definition) is 0. The fourth-order valence-corrected chi connectivity index (χ4v) is 8.94. The minimum absolute atomic E-state index is 0.150. The molecule has 2 saturated carbocycles. The summed E-state index contributed by atoms with van der Waals surface area (Å²) in [5.74, 6) is 3.06. The van der Waals surface area contributed by atoms with Crippen molar-refractivity contribution in [2.75, 3.05) is 26.2 Å². The van der Waals surface area contributed by atoms with E-state index in [1.54, 1.807) is 0 Å². The minimum atomic E-state index is 0.150. The summed E-state index contributed by atoms with van der Waals surface area (Å²) in [6.07, 6.45) is 9.85. The van der Waals surface area contributed by atoms with Gasteiger partial charge in [-0.2, -0.15) is 0 Å². The molecule has 3 aliphatic carbocycles. The third kappa shape index (κ3) is 2.99. The highest BCUT2D eigenvalue weighted by molar-refractivity contribution is 5.97. The number of allylic oxidation sites excluding steroid dienone is 2. The number of amides is 1. The van der Waals surface area contributed by atoms with E-state index in [-0.39, 0.29) is 16.7 Å². The van der Waals surface area contributed by atoms with E-state index in [0.29, 0.717) is 29.4 Å². The first kappa shape index (κ1) is 21.5. The first-order valence-corrected chi connectivity index (χ1v) is 13.2. The number of carbonyl (C=O) groups excluding carboxylic acids is 2. The third-order valence-electron chi connectivity index (χ3n) is 10.5. The average molecular weight is 427 g/mol. The normalized spacial score (nSPS) is 41.9. The molecule has 5 aliphatic rings. The molecule has 1 saturated heterocycles. The summed E-state index contributed by atoms with van der Waals surface area (Å²) in [5.41, 5.74) is 2.97. The standard InChI is InChI=1S/C27H42N2O2/c1-5-28(6-2)25(31)22-11-10-20-19-17-29-16-8-7-9-18-23(30)13-15-27(4,24(18)29)21(19)12-14-26(20,22)3/h19-22H,5-17H2,1-4H3/t19?,20?,21?,22-,26+,27-/m1/s1. The lowest BCUT2D eigenvalue weighted by Gasteiger charge is -2.61. The van der Waals surface area contributed by atoms with Crippen LogP contribution in [0.15, 0.2) is 11.3 Å². The van der Waals surface area contributed by atoms with E-state index in [9.17, 15) is 9.59 Å². The number of hydrogen-bond acceptors (Lipinski definition) is 3. The molecular formula is C27H42N2O2. The summed E-state index contributed by atoms with van der Waals surface area (Å²) in [6, 6.07) is 0. The Labute approximate surface area is 188 Å². The van der Waals surface area contributed by atoms with Crippen molar-refractivity contribution in [1.82, 2.24) is 9.80 Å². The molecule has 1 amide bonds. The van der Waals surface area contributed by atoms with E-state index in [0.717, 1.165) is 58.3 Å². The van der Waals surface area contributed by atoms with Crippen molar-refractivity contribution < 1.29 is 9.59 Å². The van der Waals surface area contributed by atoms with Crippen LogP contribution in [0, 0.1) is 34.5 Å². The van der Waals surface area contributed by atoms with Crippen LogP contribution in [0.4, 0.5) is 0 Å². The van der Waals surface area contributed by atoms with Gasteiger partial charge in [0.05, 0.1) is 0 Å². The molecule has 172 valence electrons. The van der Waals surface area contributed by atoms with E-state index in [1.165, 1.54) is 37.0 Å². The second-order valence-electron chi connectivity index (χ2n) is 11.6. The zero-order valence-corrected chi connectivity index (χ0v) is 20.2. The Morgan fingerprint density at radius 2 is 1.81 bits per heavy atom. The van der Waals surface area contributed by atoms with Crippen molar-refractivity contribution >= 4 is 11.7 Å². The fraction of sp³-hybridized carbons (Fsp3) is 0.852. The van der Waals surface area contributed by atoms with Crippen LogP contribution in [-0.2, 0) is 9.59 Å². The van der Waals surface area contributed by atoms with E-state index < -0.39 is 0 Å². The van der Waals surface area contributed by atoms with Gasteiger partial charge < -0.3 is 9.80 Å². The maximum absolute atomic E-state index is 13.4. The van der Waals surface area contributed by atoms with Crippen LogP contribution < -0.4 is 0 Å². The molecule has 6 atom stereocenters. The molecule has 0 N–H and O–H groups in total. The Morgan fingerprint density at radius 3 is 2.55 bits per heavy atom. The van der Waals surface area contributed by atoms with Gasteiger partial charge in [-0.3, -0.25) is 9.59 Å². The van der Waals surface area contributed by atoms with Gasteiger partial charge in [0.2, 0.25) is 5.91 Å². The van der Waals surface area contributed by atoms with Gasteiger partial charge in [-0.05, 0) is 88.4 Å². The van der Waals surface area contributed by atoms with Crippen LogP contribution in [0.1, 0.15) is 85.5 Å². The van der Waals surface area contributed by atoms with Gasteiger partial charge in [0, 0.05) is 55.2 Å². The van der Waals surface area contributed by atoms with Crippen molar-refractivity contribution in [2.24, 2.45) is 34.5 Å². The number of Topliss-reactive ketones (excluding diaryl/α,β-unsaturated/α-hetero) is 1. The molecule has 31 heavy (non-hydrogen) atoms. The van der Waals surface area contributed by atoms with Gasteiger partial charge in [0.15, 0.2) is 5.78 Å². The van der Waals surface area contributed by atoms with Crippen LogP contribution >= 0.6 is 0 Å². The summed E-state index contributed by atoms with van der Waals surface area (Å²) >= 11 is 0. The Balaban J connectivity index is 1.49. The monoisotopic (exact) mass is 426 g/mol. The van der Waals surface area contributed by atoms with Gasteiger partial charge in [0.1, 0.15) is 0 Å². The van der Waals surface area contributed by atoms with Gasteiger partial charge in [-0.15, -0.1) is 0 Å². The summed E-state index contributed by atoms with van der Waals surface area (Å²) in [6.45, 7) is 13.1. The first-order valence-electron chi connectivity index (χ1n) is 13.2. The van der Waals surface area contributed by atoms with Crippen LogP contribution in [0.3, 0.4) is 0 Å². The third-order valence-corrected chi connectivity index (χ3v) is 10.5. The van der Waals surface area contributed by atoms with Crippen molar-refractivity contribution in [2.45, 2.75) is 85.5 Å². The second-order valence-corrected chi connectivity index (χ2v) is 11.6. The molecule has 0 aromatic rings. The van der Waals surface area contributed by atoms with Crippen molar-refractivity contribution in [3.63, 3.8) is 0 Å². The molecule has 0 bridgehead atoms. The zero-order valence-electron chi connectivity index (χ0n) is 20.2. The number of piperidine rings is 1. The smallest absolute Gasteiger partial charge is 0.226 e. The Hall–Kier alpha value is -1.32. The molecular weight excluding hydrogens is 384 g/mol. The SMILES string of the molecule is CCN(CC)C(=O)[C@H]1CCC2C3CN4CCCCC5=C4[C@](C)(CCC5=O)C3CC[C@@]21C. The van der Waals surface area contributed by atoms with Crippen molar-refractivity contribution in [3.05, 3.63) is 11.3 Å². The Kier molecular flexibility index (Phi) is 5.29. The first-order chi connectivity index (χ1) is 14.8. The number of fused-ring (bicyclic) bond motifs is 4. The molecule has 3 fully saturated rings. The lowest BCUT2D eigenvalue weighted by molar-refractivity contribution is -0.144. The summed E-state index contributed by atoms with van der Waals surface area (Å²) in [5, 5.41) is 0. The largest absolute Gasteiger partial charge is 0.374 e. The second kappa shape index (κ2) is 7.63. The van der Waals surface area contributed by atoms with Gasteiger partial charge >= 0.3 is 0 Å². The van der Waals surface area contributed by atoms with Crippen molar-refractivity contribution in [1.29, 1.82) is 0 Å². The van der Waals surface area contributed by atoms with Gasteiger partial charge in [0.25, 0.3) is 0 Å². The highest BCUT2D eigenvalue weighted by atomic mass is 16.2. The maximum atomic E-state index is 13.4. The van der Waals surface area contributed by atoms with Gasteiger partial charge in [-0.25, -0.2) is 0 Å². The predicted octanol–water partition coefficient (Wildman–Crippen LogP) is 5.04. The molecule has 0 spiro atoms. The molecule has 0 aromatic heterocycles. The summed E-state index contributed by atoms with van der Waals surface area (Å²) in [7, 11) is 0. The van der Waals surface area contributed by atoms with Crippen molar-refractivity contribution in [3.8, 4) is 0 Å². The number of carbonyl (C=O) groups is 2. The van der Waals surface area contributed by atoms with Gasteiger partial charge in [-0.1, -0.05) is 13.8 Å². The molecule has 0 radical (unpaired) electrons. The number of ketones is 1.